The van der Waals surface area contributed by atoms with E-state index in [9.17, 15) is 9.59 Å². The Morgan fingerprint density at radius 2 is 1.80 bits per heavy atom. The lowest BCUT2D eigenvalue weighted by atomic mass is 9.73. The maximum atomic E-state index is 13.9. The lowest BCUT2D eigenvalue weighted by molar-refractivity contribution is -0.163. The molecular weight excluding hydrogens is 376 g/mol. The molecule has 5 nitrogen and oxygen atoms in total. The molecule has 0 bridgehead atoms. The molecule has 3 unspecified atom stereocenters. The molecule has 0 aromatic heterocycles. The van der Waals surface area contributed by atoms with Gasteiger partial charge in [-0.05, 0) is 25.0 Å². The van der Waals surface area contributed by atoms with Crippen molar-refractivity contribution in [3.8, 4) is 5.75 Å². The van der Waals surface area contributed by atoms with Crippen molar-refractivity contribution in [2.75, 3.05) is 19.7 Å². The standard InChI is InChI=1S/C25H28N2O3/c1-3-4-14-26-15-21(28)27-23-18-12-8-9-13-20(18)30-16-19(23)22(25(27,2)24(26)29)17-10-6-5-7-11-17/h5-13,19,22-23H,3-4,14-16H2,1-2H3/t19?,22?,23?,25-/m1/s1. The molecule has 2 aromatic carbocycles. The first-order chi connectivity index (χ1) is 14.6. The van der Waals surface area contributed by atoms with E-state index in [2.05, 4.69) is 19.1 Å². The number of rotatable bonds is 4. The summed E-state index contributed by atoms with van der Waals surface area (Å²) in [7, 11) is 0. The smallest absolute Gasteiger partial charge is 0.249 e. The number of para-hydroxylation sites is 1. The van der Waals surface area contributed by atoms with Gasteiger partial charge in [0.1, 0.15) is 11.3 Å². The third-order valence-electron chi connectivity index (χ3n) is 7.14. The maximum absolute atomic E-state index is 13.9. The fraction of sp³-hybridized carbons (Fsp3) is 0.440. The van der Waals surface area contributed by atoms with Crippen molar-refractivity contribution in [2.45, 2.75) is 44.2 Å². The van der Waals surface area contributed by atoms with Crippen LogP contribution >= 0.6 is 0 Å². The molecule has 2 saturated heterocycles. The molecule has 0 N–H and O–H groups in total. The number of fused-ring (bicyclic) bond motifs is 5. The molecule has 0 saturated carbocycles. The molecular formula is C25H28N2O3. The molecule has 3 heterocycles. The van der Waals surface area contributed by atoms with Gasteiger partial charge in [0.05, 0.1) is 19.2 Å². The minimum atomic E-state index is -0.916. The molecule has 0 spiro atoms. The summed E-state index contributed by atoms with van der Waals surface area (Å²) in [5, 5.41) is 0. The van der Waals surface area contributed by atoms with Crippen LogP contribution in [-0.2, 0) is 9.59 Å². The van der Waals surface area contributed by atoms with Crippen LogP contribution in [0.5, 0.6) is 5.75 Å². The number of unbranched alkanes of at least 4 members (excludes halogenated alkanes) is 1. The molecule has 4 atom stereocenters. The summed E-state index contributed by atoms with van der Waals surface area (Å²) in [6, 6.07) is 18.0. The summed E-state index contributed by atoms with van der Waals surface area (Å²) in [6.45, 7) is 5.39. The molecule has 2 aromatic rings. The van der Waals surface area contributed by atoms with Crippen LogP contribution in [0, 0.1) is 5.92 Å². The minimum absolute atomic E-state index is 0.0336. The second-order valence-electron chi connectivity index (χ2n) is 8.84. The van der Waals surface area contributed by atoms with Crippen molar-refractivity contribution >= 4 is 11.8 Å². The number of hydrogen-bond acceptors (Lipinski definition) is 3. The third kappa shape index (κ3) is 2.60. The van der Waals surface area contributed by atoms with Gasteiger partial charge in [0.15, 0.2) is 0 Å². The Morgan fingerprint density at radius 3 is 2.57 bits per heavy atom. The number of amides is 2. The average Bonchev–Trinajstić information content (AvgIpc) is 3.06. The van der Waals surface area contributed by atoms with Gasteiger partial charge in [0.25, 0.3) is 0 Å². The molecule has 2 fully saturated rings. The van der Waals surface area contributed by atoms with Crippen LogP contribution in [0.3, 0.4) is 0 Å². The summed E-state index contributed by atoms with van der Waals surface area (Å²) in [5.74, 6) is 0.849. The lowest BCUT2D eigenvalue weighted by Gasteiger charge is -2.47. The SMILES string of the molecule is CCCCN1CC(=O)N2C3c4ccccc4OCC3C(c3ccccc3)[C@]2(C)C1=O. The molecule has 5 heteroatoms. The highest BCUT2D eigenvalue weighted by Gasteiger charge is 2.66. The molecule has 5 rings (SSSR count). The van der Waals surface area contributed by atoms with Gasteiger partial charge in [-0.3, -0.25) is 9.59 Å². The molecule has 3 aliphatic heterocycles. The number of nitrogens with zero attached hydrogens (tertiary/aromatic N) is 2. The zero-order valence-corrected chi connectivity index (χ0v) is 17.6. The van der Waals surface area contributed by atoms with E-state index in [4.69, 9.17) is 4.74 Å². The van der Waals surface area contributed by atoms with Crippen molar-refractivity contribution in [3.63, 3.8) is 0 Å². The Labute approximate surface area is 177 Å². The quantitative estimate of drug-likeness (QED) is 0.780. The highest BCUT2D eigenvalue weighted by Crippen LogP contribution is 2.59. The summed E-state index contributed by atoms with van der Waals surface area (Å²) in [6.07, 6.45) is 1.90. The molecule has 3 aliphatic rings. The van der Waals surface area contributed by atoms with E-state index in [1.807, 2.05) is 54.3 Å². The Hall–Kier alpha value is -2.82. The highest BCUT2D eigenvalue weighted by molar-refractivity contribution is 5.99. The normalized spacial score (nSPS) is 29.9. The van der Waals surface area contributed by atoms with Gasteiger partial charge in [0, 0.05) is 23.9 Å². The van der Waals surface area contributed by atoms with Crippen LogP contribution in [0.2, 0.25) is 0 Å². The first kappa shape index (κ1) is 19.2. The number of ether oxygens (including phenoxy) is 1. The zero-order chi connectivity index (χ0) is 20.9. The lowest BCUT2D eigenvalue weighted by Crippen LogP contribution is -2.66. The van der Waals surface area contributed by atoms with Gasteiger partial charge in [0.2, 0.25) is 11.8 Å². The Bertz CT molecular complexity index is 975. The minimum Gasteiger partial charge on any atom is -0.493 e. The molecule has 2 amide bonds. The third-order valence-corrected chi connectivity index (χ3v) is 7.14. The van der Waals surface area contributed by atoms with Crippen molar-refractivity contribution < 1.29 is 14.3 Å². The second kappa shape index (κ2) is 7.15. The van der Waals surface area contributed by atoms with Crippen molar-refractivity contribution in [1.29, 1.82) is 0 Å². The average molecular weight is 405 g/mol. The van der Waals surface area contributed by atoms with Gasteiger partial charge in [-0.25, -0.2) is 0 Å². The molecule has 0 radical (unpaired) electrons. The summed E-state index contributed by atoms with van der Waals surface area (Å²) >= 11 is 0. The van der Waals surface area contributed by atoms with Crippen LogP contribution in [-0.4, -0.2) is 46.8 Å². The summed E-state index contributed by atoms with van der Waals surface area (Å²) < 4.78 is 6.14. The van der Waals surface area contributed by atoms with Crippen molar-refractivity contribution in [2.24, 2.45) is 5.92 Å². The number of carbonyl (C=O) groups excluding carboxylic acids is 2. The topological polar surface area (TPSA) is 49.9 Å². The molecule has 156 valence electrons. The van der Waals surface area contributed by atoms with Crippen LogP contribution in [0.25, 0.3) is 0 Å². The van der Waals surface area contributed by atoms with Crippen LogP contribution in [0.1, 0.15) is 49.8 Å². The van der Waals surface area contributed by atoms with Gasteiger partial charge >= 0.3 is 0 Å². The van der Waals surface area contributed by atoms with E-state index < -0.39 is 5.54 Å². The van der Waals surface area contributed by atoms with E-state index in [1.165, 1.54) is 0 Å². The maximum Gasteiger partial charge on any atom is 0.249 e. The van der Waals surface area contributed by atoms with Gasteiger partial charge in [-0.2, -0.15) is 0 Å². The van der Waals surface area contributed by atoms with Crippen LogP contribution in [0.15, 0.2) is 54.6 Å². The highest BCUT2D eigenvalue weighted by atomic mass is 16.5. The van der Waals surface area contributed by atoms with E-state index in [0.717, 1.165) is 29.7 Å². The summed E-state index contributed by atoms with van der Waals surface area (Å²) in [5.41, 5.74) is 1.20. The van der Waals surface area contributed by atoms with E-state index in [1.54, 1.807) is 4.90 Å². The van der Waals surface area contributed by atoms with E-state index in [-0.39, 0.29) is 36.2 Å². The predicted molar refractivity (Wildman–Crippen MR) is 114 cm³/mol. The fourth-order valence-electron chi connectivity index (χ4n) is 5.87. The monoisotopic (exact) mass is 404 g/mol. The molecule has 30 heavy (non-hydrogen) atoms. The van der Waals surface area contributed by atoms with E-state index >= 15 is 0 Å². The largest absolute Gasteiger partial charge is 0.493 e. The van der Waals surface area contributed by atoms with Crippen molar-refractivity contribution in [1.82, 2.24) is 9.80 Å². The number of carbonyl (C=O) groups is 2. The number of benzene rings is 2. The molecule has 0 aliphatic carbocycles. The van der Waals surface area contributed by atoms with E-state index in [0.29, 0.717) is 13.2 Å². The van der Waals surface area contributed by atoms with Gasteiger partial charge in [-0.1, -0.05) is 61.9 Å². The zero-order valence-electron chi connectivity index (χ0n) is 17.6. The number of hydrogen-bond donors (Lipinski definition) is 0. The first-order valence-corrected chi connectivity index (χ1v) is 11.0. The summed E-state index contributed by atoms with van der Waals surface area (Å²) in [4.78, 5) is 31.1. The van der Waals surface area contributed by atoms with Gasteiger partial charge in [-0.15, -0.1) is 0 Å². The van der Waals surface area contributed by atoms with Crippen molar-refractivity contribution in [3.05, 3.63) is 65.7 Å². The number of piperazine rings is 1. The second-order valence-corrected chi connectivity index (χ2v) is 8.84. The van der Waals surface area contributed by atoms with Crippen LogP contribution in [0.4, 0.5) is 0 Å². The Kier molecular flexibility index (Phi) is 4.57. The van der Waals surface area contributed by atoms with Crippen LogP contribution < -0.4 is 4.74 Å². The Morgan fingerprint density at radius 1 is 1.07 bits per heavy atom. The first-order valence-electron chi connectivity index (χ1n) is 11.0. The fourth-order valence-corrected chi connectivity index (χ4v) is 5.87. The Balaban J connectivity index is 1.67. The van der Waals surface area contributed by atoms with Gasteiger partial charge < -0.3 is 14.5 Å². The predicted octanol–water partition coefficient (Wildman–Crippen LogP) is 3.76.